The summed E-state index contributed by atoms with van der Waals surface area (Å²) in [6, 6.07) is 15.1. The summed E-state index contributed by atoms with van der Waals surface area (Å²) in [5.74, 6) is 0.139. The van der Waals surface area contributed by atoms with Crippen molar-refractivity contribution in [1.82, 2.24) is 5.53 Å². The molecule has 1 aliphatic carbocycles. The Morgan fingerprint density at radius 1 is 1.12 bits per heavy atom. The molecule has 0 bridgehead atoms. The van der Waals surface area contributed by atoms with E-state index in [9.17, 15) is 9.59 Å². The molecule has 2 aliphatic rings. The number of anilines is 2. The Hall–Kier alpha value is -2.90. The van der Waals surface area contributed by atoms with Gasteiger partial charge in [-0.15, -0.1) is 10.7 Å². The van der Waals surface area contributed by atoms with Gasteiger partial charge in [0.25, 0.3) is 0 Å². The number of carbonyl (C=O) groups is 2. The second-order valence-corrected chi connectivity index (χ2v) is 10.7. The van der Waals surface area contributed by atoms with Crippen LogP contribution in [0.3, 0.4) is 0 Å². The molecule has 1 saturated carbocycles. The lowest BCUT2D eigenvalue weighted by atomic mass is 9.70. The average Bonchev–Trinajstić information content (AvgIpc) is 3.19. The second-order valence-electron chi connectivity index (χ2n) is 10.7. The Balaban J connectivity index is 1.43. The lowest BCUT2D eigenvalue weighted by molar-refractivity contribution is -0.125. The third-order valence-electron chi connectivity index (χ3n) is 7.17. The molecule has 182 valence electrons. The summed E-state index contributed by atoms with van der Waals surface area (Å²) in [4.78, 5) is 30.6. The van der Waals surface area contributed by atoms with Gasteiger partial charge in [0.15, 0.2) is 5.78 Å². The highest BCUT2D eigenvalue weighted by Gasteiger charge is 2.34. The van der Waals surface area contributed by atoms with Gasteiger partial charge in [-0.1, -0.05) is 44.0 Å². The van der Waals surface area contributed by atoms with Gasteiger partial charge in [-0.2, -0.15) is 0 Å². The van der Waals surface area contributed by atoms with Crippen LogP contribution in [0.5, 0.6) is 0 Å². The molecule has 0 radical (unpaired) electrons. The topological polar surface area (TPSA) is 96.7 Å². The van der Waals surface area contributed by atoms with E-state index in [2.05, 4.69) is 30.0 Å². The molecule has 7 heteroatoms. The Bertz CT molecular complexity index is 1030. The van der Waals surface area contributed by atoms with Crippen molar-refractivity contribution >= 4 is 23.1 Å². The first-order chi connectivity index (χ1) is 16.1. The van der Waals surface area contributed by atoms with Crippen LogP contribution in [0.1, 0.15) is 87.6 Å². The van der Waals surface area contributed by atoms with E-state index in [0.29, 0.717) is 17.9 Å². The van der Waals surface area contributed by atoms with Gasteiger partial charge in [-0.3, -0.25) is 10.2 Å². The van der Waals surface area contributed by atoms with Crippen LogP contribution >= 0.6 is 0 Å². The van der Waals surface area contributed by atoms with Crippen molar-refractivity contribution < 1.29 is 14.4 Å². The molecule has 2 aromatic rings. The second kappa shape index (κ2) is 9.76. The normalized spacial score (nSPS) is 22.8. The highest BCUT2D eigenvalue weighted by molar-refractivity contribution is 5.90. The van der Waals surface area contributed by atoms with Gasteiger partial charge in [0.05, 0.1) is 16.8 Å². The zero-order valence-corrected chi connectivity index (χ0v) is 20.4. The minimum atomic E-state index is -0.779. The van der Waals surface area contributed by atoms with E-state index in [1.54, 1.807) is 38.1 Å². The van der Waals surface area contributed by atoms with Crippen LogP contribution in [0.2, 0.25) is 0 Å². The number of benzene rings is 2. The van der Waals surface area contributed by atoms with Crippen molar-refractivity contribution in [3.8, 4) is 0 Å². The minimum absolute atomic E-state index is 0.00857. The molecule has 0 aromatic heterocycles. The van der Waals surface area contributed by atoms with E-state index in [4.69, 9.17) is 10.6 Å². The monoisotopic (exact) mass is 464 g/mol. The molecule has 4 N–H and O–H groups in total. The maximum Gasteiger partial charge on any atom is 0.365 e. The number of nitrogens with two attached hydrogens (primary N) is 1. The summed E-state index contributed by atoms with van der Waals surface area (Å²) in [7, 11) is 0. The van der Waals surface area contributed by atoms with Gasteiger partial charge >= 0.3 is 5.97 Å². The summed E-state index contributed by atoms with van der Waals surface area (Å²) in [5.41, 5.74) is 14.7. The Morgan fingerprint density at radius 3 is 2.62 bits per heavy atom. The van der Waals surface area contributed by atoms with Crippen molar-refractivity contribution in [2.75, 3.05) is 10.6 Å². The first kappa shape index (κ1) is 24.2. The molecule has 7 nitrogen and oxygen atoms in total. The lowest BCUT2D eigenvalue weighted by Crippen LogP contribution is -2.43. The zero-order chi connectivity index (χ0) is 24.3. The van der Waals surface area contributed by atoms with E-state index >= 15 is 0 Å². The maximum atomic E-state index is 12.6. The molecule has 1 aliphatic heterocycles. The number of nitrogens with zero attached hydrogens (tertiary/aromatic N) is 1. The third-order valence-corrected chi connectivity index (χ3v) is 7.17. The van der Waals surface area contributed by atoms with Gasteiger partial charge < -0.3 is 10.6 Å². The summed E-state index contributed by atoms with van der Waals surface area (Å²) in [5, 5.41) is 1.36. The molecular weight excluding hydrogens is 428 g/mol. The number of carbonyl (C=O) groups excluding carboxylic acids is 2. The molecule has 1 fully saturated rings. The van der Waals surface area contributed by atoms with Crippen LogP contribution in [-0.4, -0.2) is 17.3 Å². The quantitative estimate of drug-likeness (QED) is 0.537. The van der Waals surface area contributed by atoms with Crippen LogP contribution in [0, 0.1) is 5.41 Å². The van der Waals surface area contributed by atoms with Crippen molar-refractivity contribution in [3.05, 3.63) is 59.7 Å². The number of nitrogens with one attached hydrogen (secondary N) is 2. The van der Waals surface area contributed by atoms with Gasteiger partial charge in [0.1, 0.15) is 5.69 Å². The fraction of sp³-hybridized carbons (Fsp3) is 0.481. The maximum absolute atomic E-state index is 12.6. The summed E-state index contributed by atoms with van der Waals surface area (Å²) in [6.45, 7) is 5.85. The third kappa shape index (κ3) is 5.59. The first-order valence-corrected chi connectivity index (χ1v) is 12.2. The molecule has 0 amide bonds. The van der Waals surface area contributed by atoms with Gasteiger partial charge in [-0.25, -0.2) is 4.79 Å². The number of Topliss-reactive ketones (excluding diaryl/α,β-unsaturated/α-hetero) is 1. The number of hydrogen-bond donors (Lipinski definition) is 3. The van der Waals surface area contributed by atoms with Gasteiger partial charge in [0.2, 0.25) is 0 Å². The van der Waals surface area contributed by atoms with Crippen LogP contribution < -0.4 is 21.9 Å². The number of hydrogen-bond acceptors (Lipinski definition) is 7. The molecule has 1 heterocycles. The van der Waals surface area contributed by atoms with Crippen molar-refractivity contribution in [3.63, 3.8) is 0 Å². The Kier molecular flexibility index (Phi) is 6.96. The van der Waals surface area contributed by atoms with Crippen LogP contribution in [-0.2, 0) is 9.63 Å². The SMILES string of the molecule is CC(C)(N)C(=O)C[C@@]1(C)CCCC[C@@H](c2ccc3c(c2)NNN3OC(=O)c2ccccc2)CC1. The van der Waals surface area contributed by atoms with Crippen LogP contribution in [0.4, 0.5) is 11.4 Å². The van der Waals surface area contributed by atoms with Gasteiger partial charge in [-0.05, 0) is 80.7 Å². The zero-order valence-electron chi connectivity index (χ0n) is 20.4. The standard InChI is InChI=1S/C27H36N4O3/c1-26(2,28)24(32)18-27(3)15-8-7-9-19(14-16-27)21-12-13-23-22(17-21)29-30-31(23)34-25(33)20-10-5-4-6-11-20/h4-6,10-13,17,19,29-30H,7-9,14-16,18,28H2,1-3H3/t19-,27+/m1/s1. The molecule has 4 rings (SSSR count). The van der Waals surface area contributed by atoms with E-state index < -0.39 is 11.5 Å². The van der Waals surface area contributed by atoms with Crippen LogP contribution in [0.15, 0.2) is 48.5 Å². The van der Waals surface area contributed by atoms with Crippen molar-refractivity contribution in [2.24, 2.45) is 11.1 Å². The van der Waals surface area contributed by atoms with Gasteiger partial charge in [0, 0.05) is 6.42 Å². The number of rotatable bonds is 6. The minimum Gasteiger partial charge on any atom is -0.319 e. The smallest absolute Gasteiger partial charge is 0.319 e. The van der Waals surface area contributed by atoms with E-state index in [-0.39, 0.29) is 11.2 Å². The van der Waals surface area contributed by atoms with Crippen molar-refractivity contribution in [2.45, 2.75) is 77.2 Å². The number of fused-ring (bicyclic) bond motifs is 1. The highest BCUT2D eigenvalue weighted by atomic mass is 16.7. The van der Waals surface area contributed by atoms with E-state index in [1.165, 1.54) is 10.7 Å². The molecule has 0 spiro atoms. The van der Waals surface area contributed by atoms with E-state index in [1.807, 2.05) is 12.1 Å². The average molecular weight is 465 g/mol. The predicted molar refractivity (Wildman–Crippen MR) is 134 cm³/mol. The Morgan fingerprint density at radius 2 is 1.88 bits per heavy atom. The number of ketones is 1. The largest absolute Gasteiger partial charge is 0.365 e. The number of hydrazine groups is 2. The molecular formula is C27H36N4O3. The molecule has 0 unspecified atom stereocenters. The summed E-state index contributed by atoms with van der Waals surface area (Å²) in [6.07, 6.45) is 7.05. The van der Waals surface area contributed by atoms with E-state index in [0.717, 1.165) is 49.9 Å². The van der Waals surface area contributed by atoms with Crippen LogP contribution in [0.25, 0.3) is 0 Å². The predicted octanol–water partition coefficient (Wildman–Crippen LogP) is 5.25. The molecule has 2 aromatic carbocycles. The lowest BCUT2D eigenvalue weighted by Gasteiger charge is -2.35. The highest BCUT2D eigenvalue weighted by Crippen LogP contribution is 2.43. The molecule has 2 atom stereocenters. The Labute approximate surface area is 201 Å². The molecule has 0 saturated heterocycles. The first-order valence-electron chi connectivity index (χ1n) is 12.2. The summed E-state index contributed by atoms with van der Waals surface area (Å²) < 4.78 is 0. The fourth-order valence-corrected chi connectivity index (χ4v) is 4.90. The van der Waals surface area contributed by atoms with Crippen molar-refractivity contribution in [1.29, 1.82) is 0 Å². The molecule has 34 heavy (non-hydrogen) atoms. The fourth-order valence-electron chi connectivity index (χ4n) is 4.90. The summed E-state index contributed by atoms with van der Waals surface area (Å²) >= 11 is 0.